The summed E-state index contributed by atoms with van der Waals surface area (Å²) in [7, 11) is 1.60. The van der Waals surface area contributed by atoms with Crippen LogP contribution in [0.1, 0.15) is 21.5 Å². The van der Waals surface area contributed by atoms with Crippen molar-refractivity contribution in [2.45, 2.75) is 0 Å². The third kappa shape index (κ3) is 8.65. The van der Waals surface area contributed by atoms with E-state index in [1.165, 1.54) is 24.4 Å². The number of ether oxygens (including phenoxy) is 4. The Morgan fingerprint density at radius 1 is 1.06 bits per heavy atom. The molecule has 2 aromatic rings. The van der Waals surface area contributed by atoms with Crippen molar-refractivity contribution in [3.8, 4) is 12.3 Å². The Hall–Kier alpha value is -3.58. The summed E-state index contributed by atoms with van der Waals surface area (Å²) in [6.45, 7) is 2.15. The molecule has 0 saturated carbocycles. The van der Waals surface area contributed by atoms with E-state index in [1.54, 1.807) is 31.4 Å². The molecule has 0 radical (unpaired) electrons. The second-order valence-corrected chi connectivity index (χ2v) is 6.37. The van der Waals surface area contributed by atoms with Gasteiger partial charge in [-0.2, -0.15) is 0 Å². The van der Waals surface area contributed by atoms with Crippen LogP contribution in [-0.4, -0.2) is 63.9 Å². The number of hydrogen-bond donors (Lipinski definition) is 0. The van der Waals surface area contributed by atoms with Gasteiger partial charge in [-0.05, 0) is 35.9 Å². The number of esters is 1. The van der Waals surface area contributed by atoms with Gasteiger partial charge in [-0.3, -0.25) is 15.1 Å². The molecular weight excluding hydrogens is 416 g/mol. The Bertz CT molecular complexity index is 965. The van der Waals surface area contributed by atoms with Crippen LogP contribution in [-0.2, 0) is 18.9 Å². The van der Waals surface area contributed by atoms with Gasteiger partial charge in [-0.25, -0.2) is 4.79 Å². The van der Waals surface area contributed by atoms with Gasteiger partial charge >= 0.3 is 5.97 Å². The topological polar surface area (TPSA) is 109 Å². The lowest BCUT2D eigenvalue weighted by atomic mass is 10.1. The minimum atomic E-state index is -0.547. The van der Waals surface area contributed by atoms with E-state index < -0.39 is 10.9 Å². The lowest BCUT2D eigenvalue weighted by Gasteiger charge is -2.08. The zero-order valence-electron chi connectivity index (χ0n) is 17.7. The summed E-state index contributed by atoms with van der Waals surface area (Å²) in [6, 6.07) is 10.7. The second kappa shape index (κ2) is 13.7. The molecule has 168 valence electrons. The largest absolute Gasteiger partial charge is 0.460 e. The molecule has 9 nitrogen and oxygen atoms in total. The maximum absolute atomic E-state index is 12.3. The van der Waals surface area contributed by atoms with Crippen molar-refractivity contribution in [3.63, 3.8) is 0 Å². The lowest BCUT2D eigenvalue weighted by molar-refractivity contribution is -0.384. The predicted octanol–water partition coefficient (Wildman–Crippen LogP) is 3.16. The molecule has 0 fully saturated rings. The van der Waals surface area contributed by atoms with E-state index in [0.29, 0.717) is 43.2 Å². The van der Waals surface area contributed by atoms with Crippen LogP contribution < -0.4 is 0 Å². The summed E-state index contributed by atoms with van der Waals surface area (Å²) in [4.78, 5) is 26.9. The molecule has 32 heavy (non-hydrogen) atoms. The second-order valence-electron chi connectivity index (χ2n) is 6.37. The van der Waals surface area contributed by atoms with Crippen molar-refractivity contribution in [2.75, 3.05) is 46.8 Å². The molecule has 0 aromatic heterocycles. The van der Waals surface area contributed by atoms with E-state index in [2.05, 4.69) is 10.9 Å². The fourth-order valence-electron chi connectivity index (χ4n) is 2.46. The smallest absolute Gasteiger partial charge is 0.338 e. The first-order chi connectivity index (χ1) is 15.5. The summed E-state index contributed by atoms with van der Waals surface area (Å²) < 4.78 is 20.7. The number of nitrogens with zero attached hydrogens (tertiary/aromatic N) is 2. The Kier molecular flexibility index (Phi) is 10.5. The fraction of sp³-hybridized carbons (Fsp3) is 0.304. The van der Waals surface area contributed by atoms with Crippen molar-refractivity contribution in [1.82, 2.24) is 0 Å². The molecule has 0 atom stereocenters. The van der Waals surface area contributed by atoms with Gasteiger partial charge in [0.2, 0.25) is 0 Å². The minimum Gasteiger partial charge on any atom is -0.460 e. The normalized spacial score (nSPS) is 10.8. The number of carbonyl (C=O) groups is 1. The summed E-state index contributed by atoms with van der Waals surface area (Å²) in [5.41, 5.74) is 1.84. The van der Waals surface area contributed by atoms with Gasteiger partial charge in [0.25, 0.3) is 5.69 Å². The van der Waals surface area contributed by atoms with E-state index in [0.717, 1.165) is 0 Å². The molecule has 0 saturated heterocycles. The highest BCUT2D eigenvalue weighted by Crippen LogP contribution is 2.19. The SMILES string of the molecule is C#Cc1cc(N=Cc2ccc([N+](=O)[O-])cc2)cc(C(=O)OCCOCCOCCOC)c1. The zero-order chi connectivity index (χ0) is 23.2. The standard InChI is InChI=1S/C23H24N2O7/c1-3-18-14-20(23(26)32-13-12-31-11-10-30-9-8-29-2)16-21(15-18)24-17-19-4-6-22(7-5-19)25(27)28/h1,4-7,14-17H,8-13H2,2H3. The first-order valence-corrected chi connectivity index (χ1v) is 9.75. The van der Waals surface area contributed by atoms with E-state index >= 15 is 0 Å². The van der Waals surface area contributed by atoms with E-state index in [9.17, 15) is 14.9 Å². The number of benzene rings is 2. The maximum Gasteiger partial charge on any atom is 0.338 e. The summed E-state index contributed by atoms with van der Waals surface area (Å²) in [5, 5.41) is 10.7. The molecule has 0 amide bonds. The third-order valence-electron chi connectivity index (χ3n) is 4.05. The van der Waals surface area contributed by atoms with Crippen molar-refractivity contribution in [1.29, 1.82) is 0 Å². The van der Waals surface area contributed by atoms with Crippen molar-refractivity contribution in [2.24, 2.45) is 4.99 Å². The maximum atomic E-state index is 12.3. The monoisotopic (exact) mass is 440 g/mol. The first-order valence-electron chi connectivity index (χ1n) is 9.75. The Labute approximate surface area is 186 Å². The van der Waals surface area contributed by atoms with Crippen LogP contribution in [0.5, 0.6) is 0 Å². The summed E-state index contributed by atoms with van der Waals surface area (Å²) in [5.74, 6) is 1.93. The molecule has 0 spiro atoms. The molecule has 0 aliphatic carbocycles. The first kappa shape index (κ1) is 24.7. The minimum absolute atomic E-state index is 0.0101. The lowest BCUT2D eigenvalue weighted by Crippen LogP contribution is -2.14. The molecular formula is C23H24N2O7. The highest BCUT2D eigenvalue weighted by atomic mass is 16.6. The van der Waals surface area contributed by atoms with Gasteiger partial charge in [0, 0.05) is 31.0 Å². The molecule has 0 unspecified atom stereocenters. The molecule has 9 heteroatoms. The van der Waals surface area contributed by atoms with Crippen LogP contribution in [0, 0.1) is 22.5 Å². The van der Waals surface area contributed by atoms with Crippen molar-refractivity contribution < 1.29 is 28.7 Å². The molecule has 2 rings (SSSR count). The Morgan fingerprint density at radius 3 is 2.34 bits per heavy atom. The van der Waals surface area contributed by atoms with E-state index in [4.69, 9.17) is 25.4 Å². The fourth-order valence-corrected chi connectivity index (χ4v) is 2.46. The summed E-state index contributed by atoms with van der Waals surface area (Å²) >= 11 is 0. The zero-order valence-corrected chi connectivity index (χ0v) is 17.7. The number of hydrogen-bond acceptors (Lipinski definition) is 8. The highest BCUT2D eigenvalue weighted by molar-refractivity contribution is 5.91. The van der Waals surface area contributed by atoms with Gasteiger partial charge in [0.1, 0.15) is 6.61 Å². The van der Waals surface area contributed by atoms with E-state index in [1.807, 2.05) is 0 Å². The van der Waals surface area contributed by atoms with Gasteiger partial charge in [-0.1, -0.05) is 5.92 Å². The molecule has 0 N–H and O–H groups in total. The van der Waals surface area contributed by atoms with Gasteiger partial charge in [0.05, 0.1) is 49.2 Å². The van der Waals surface area contributed by atoms with Crippen LogP contribution in [0.2, 0.25) is 0 Å². The third-order valence-corrected chi connectivity index (χ3v) is 4.05. The average molecular weight is 440 g/mol. The molecule has 0 aliphatic heterocycles. The number of methoxy groups -OCH3 is 1. The van der Waals surface area contributed by atoms with Crippen molar-refractivity contribution >= 4 is 23.6 Å². The molecule has 0 aliphatic rings. The number of aliphatic imine (C=N–C) groups is 1. The number of non-ortho nitro benzene ring substituents is 1. The van der Waals surface area contributed by atoms with Crippen molar-refractivity contribution in [3.05, 3.63) is 69.3 Å². The average Bonchev–Trinajstić information content (AvgIpc) is 2.81. The van der Waals surface area contributed by atoms with Gasteiger partial charge in [0.15, 0.2) is 0 Å². The van der Waals surface area contributed by atoms with E-state index in [-0.39, 0.29) is 24.5 Å². The van der Waals surface area contributed by atoms with Crippen LogP contribution in [0.25, 0.3) is 0 Å². The number of nitro groups is 1. The Balaban J connectivity index is 1.89. The Morgan fingerprint density at radius 2 is 1.72 bits per heavy atom. The van der Waals surface area contributed by atoms with Crippen LogP contribution in [0.3, 0.4) is 0 Å². The molecule has 0 bridgehead atoms. The number of nitro benzene ring substituents is 1. The van der Waals surface area contributed by atoms with Gasteiger partial charge in [-0.15, -0.1) is 6.42 Å². The number of rotatable bonds is 13. The van der Waals surface area contributed by atoms with Crippen LogP contribution >= 0.6 is 0 Å². The molecule has 2 aromatic carbocycles. The summed E-state index contributed by atoms with van der Waals surface area (Å²) in [6.07, 6.45) is 7.01. The van der Waals surface area contributed by atoms with Gasteiger partial charge < -0.3 is 18.9 Å². The quantitative estimate of drug-likeness (QED) is 0.117. The number of terminal acetylenes is 1. The number of carbonyl (C=O) groups excluding carboxylic acids is 1. The predicted molar refractivity (Wildman–Crippen MR) is 119 cm³/mol. The molecule has 0 heterocycles. The van der Waals surface area contributed by atoms with Crippen LogP contribution in [0.15, 0.2) is 47.5 Å². The van der Waals surface area contributed by atoms with Crippen LogP contribution in [0.4, 0.5) is 11.4 Å². The highest BCUT2D eigenvalue weighted by Gasteiger charge is 2.10.